The summed E-state index contributed by atoms with van der Waals surface area (Å²) in [6.07, 6.45) is 0.713. The van der Waals surface area contributed by atoms with E-state index in [1.807, 2.05) is 0 Å². The highest BCUT2D eigenvalue weighted by Gasteiger charge is 2.07. The second kappa shape index (κ2) is 5.33. The van der Waals surface area contributed by atoms with Gasteiger partial charge in [0.05, 0.1) is 11.3 Å². The molecule has 0 saturated carbocycles. The van der Waals surface area contributed by atoms with Gasteiger partial charge in [-0.3, -0.25) is 0 Å². The third kappa shape index (κ3) is 5.67. The number of hydrogen-bond donors (Lipinski definition) is 0. The highest BCUT2D eigenvalue weighted by Crippen LogP contribution is 2.27. The van der Waals surface area contributed by atoms with E-state index in [2.05, 4.69) is 31.9 Å². The lowest BCUT2D eigenvalue weighted by Crippen LogP contribution is -1.94. The van der Waals surface area contributed by atoms with Crippen LogP contribution in [0.25, 0.3) is 0 Å². The second-order valence-corrected chi connectivity index (χ2v) is 4.98. The average Bonchev–Trinajstić information content (AvgIpc) is 1.65. The van der Waals surface area contributed by atoms with Crippen LogP contribution in [0.1, 0.15) is 6.42 Å². The van der Waals surface area contributed by atoms with Crippen molar-refractivity contribution in [1.82, 2.24) is 0 Å². The van der Waals surface area contributed by atoms with Crippen LogP contribution in [0, 0.1) is 9.62 Å². The van der Waals surface area contributed by atoms with Crippen molar-refractivity contribution in [3.05, 3.63) is 9.62 Å². The first-order valence-corrected chi connectivity index (χ1v) is 4.37. The van der Waals surface area contributed by atoms with E-state index in [1.165, 1.54) is 5.88 Å². The van der Waals surface area contributed by atoms with Crippen LogP contribution in [0.2, 0.25) is 0 Å². The zero-order chi connectivity index (χ0) is 6.57. The molecular weight excluding hydrogens is 279 g/mol. The lowest BCUT2D eigenvalue weighted by atomic mass is 10.4. The molecule has 0 saturated heterocycles. The number of halogens is 4. The summed E-state index contributed by atoms with van der Waals surface area (Å²) in [5, 5.41) is -0.0922. The fourth-order valence-corrected chi connectivity index (χ4v) is 1.51. The van der Waals surface area contributed by atoms with Gasteiger partial charge in [-0.2, -0.15) is 0 Å². The van der Waals surface area contributed by atoms with Crippen LogP contribution in [0.15, 0.2) is 0 Å². The van der Waals surface area contributed by atoms with E-state index in [-0.39, 0.29) is 5.38 Å². The van der Waals surface area contributed by atoms with Crippen LogP contribution in [-0.2, 0) is 0 Å². The molecule has 0 aromatic rings. The van der Waals surface area contributed by atoms with E-state index >= 15 is 0 Å². The minimum atomic E-state index is -0.0922. The molecule has 4 heteroatoms. The van der Waals surface area contributed by atoms with Gasteiger partial charge in [0.1, 0.15) is 3.74 Å². The molecule has 0 aromatic heterocycles. The first-order valence-electron chi connectivity index (χ1n) is 1.91. The molecule has 1 unspecified atom stereocenters. The molecule has 0 amide bonds. The molecular formula is C4H4Br2Cl2. The lowest BCUT2D eigenvalue weighted by molar-refractivity contribution is 1.01. The van der Waals surface area contributed by atoms with Crippen molar-refractivity contribution < 1.29 is 0 Å². The molecule has 0 aliphatic heterocycles. The van der Waals surface area contributed by atoms with Crippen LogP contribution in [0.3, 0.4) is 0 Å². The fraction of sp³-hybridized carbons (Fsp3) is 0.500. The predicted molar refractivity (Wildman–Crippen MR) is 45.5 cm³/mol. The largest absolute Gasteiger partial charge is 0.121 e. The van der Waals surface area contributed by atoms with E-state index in [1.54, 1.807) is 0 Å². The molecule has 48 valence electrons. The van der Waals surface area contributed by atoms with Gasteiger partial charge >= 0.3 is 0 Å². The van der Waals surface area contributed by atoms with Gasteiger partial charge in [0.25, 0.3) is 0 Å². The Morgan fingerprint density at radius 1 is 1.62 bits per heavy atom. The molecule has 0 rings (SSSR count). The molecule has 0 fully saturated rings. The van der Waals surface area contributed by atoms with Crippen molar-refractivity contribution in [3.8, 4) is 0 Å². The van der Waals surface area contributed by atoms with Crippen LogP contribution in [0.4, 0.5) is 0 Å². The fourth-order valence-electron chi connectivity index (χ4n) is 0.192. The van der Waals surface area contributed by atoms with Gasteiger partial charge < -0.3 is 0 Å². The van der Waals surface area contributed by atoms with Crippen molar-refractivity contribution >= 4 is 55.1 Å². The maximum absolute atomic E-state index is 5.59. The standard InChI is InChI=1S/C4H4Br2Cl2/c5-4(6)1-3(8)2-7/h2-3H,1H2. The Kier molecular flexibility index (Phi) is 6.36. The number of hydrogen-bond acceptors (Lipinski definition) is 0. The number of alkyl halides is 1. The highest BCUT2D eigenvalue weighted by molar-refractivity contribution is 9.27. The van der Waals surface area contributed by atoms with Crippen LogP contribution >= 0.6 is 55.1 Å². The van der Waals surface area contributed by atoms with Gasteiger partial charge in [-0.1, -0.05) is 31.9 Å². The van der Waals surface area contributed by atoms with E-state index in [0.29, 0.717) is 6.42 Å². The Labute approximate surface area is 76.2 Å². The molecule has 0 aliphatic rings. The SMILES string of the molecule is Cl[CH]C(Cl)C[C](Br)Br. The lowest BCUT2D eigenvalue weighted by Gasteiger charge is -2.02. The maximum atomic E-state index is 5.59. The van der Waals surface area contributed by atoms with Crippen molar-refractivity contribution in [1.29, 1.82) is 0 Å². The second-order valence-electron chi connectivity index (χ2n) is 1.18. The van der Waals surface area contributed by atoms with Gasteiger partial charge in [-0.25, -0.2) is 0 Å². The molecule has 0 bridgehead atoms. The maximum Gasteiger partial charge on any atom is 0.107 e. The smallest absolute Gasteiger partial charge is 0.107 e. The van der Waals surface area contributed by atoms with Crippen molar-refractivity contribution in [2.75, 3.05) is 0 Å². The average molecular weight is 283 g/mol. The normalized spacial score (nSPS) is 14.6. The number of rotatable bonds is 3. The van der Waals surface area contributed by atoms with Crippen molar-refractivity contribution in [2.24, 2.45) is 0 Å². The van der Waals surface area contributed by atoms with Crippen LogP contribution < -0.4 is 0 Å². The quantitative estimate of drug-likeness (QED) is 0.693. The van der Waals surface area contributed by atoms with Crippen LogP contribution in [0.5, 0.6) is 0 Å². The summed E-state index contributed by atoms with van der Waals surface area (Å²) in [6, 6.07) is 0. The van der Waals surface area contributed by atoms with Gasteiger partial charge in [-0.05, 0) is 6.42 Å². The molecule has 0 N–H and O–H groups in total. The van der Waals surface area contributed by atoms with E-state index in [4.69, 9.17) is 23.2 Å². The summed E-state index contributed by atoms with van der Waals surface area (Å²) in [6.45, 7) is 0. The third-order valence-corrected chi connectivity index (χ3v) is 1.85. The zero-order valence-corrected chi connectivity index (χ0v) is 8.56. The summed E-state index contributed by atoms with van der Waals surface area (Å²) in [5.41, 5.74) is 0. The third-order valence-electron chi connectivity index (χ3n) is 0.486. The summed E-state index contributed by atoms with van der Waals surface area (Å²) >= 11 is 17.2. The van der Waals surface area contributed by atoms with E-state index in [9.17, 15) is 0 Å². The van der Waals surface area contributed by atoms with Crippen molar-refractivity contribution in [2.45, 2.75) is 11.8 Å². The topological polar surface area (TPSA) is 0 Å². The van der Waals surface area contributed by atoms with Crippen LogP contribution in [-0.4, -0.2) is 5.38 Å². The Morgan fingerprint density at radius 2 is 2.12 bits per heavy atom. The highest BCUT2D eigenvalue weighted by atomic mass is 79.9. The Morgan fingerprint density at radius 3 is 2.25 bits per heavy atom. The molecule has 0 aliphatic carbocycles. The van der Waals surface area contributed by atoms with Crippen molar-refractivity contribution in [3.63, 3.8) is 0 Å². The molecule has 0 heterocycles. The Bertz CT molecular complexity index is 58.0. The first kappa shape index (κ1) is 9.54. The molecule has 0 spiro atoms. The minimum Gasteiger partial charge on any atom is -0.121 e. The first-order chi connectivity index (χ1) is 3.66. The Balaban J connectivity index is 3.10. The van der Waals surface area contributed by atoms with E-state index in [0.717, 1.165) is 3.74 Å². The Hall–Kier alpha value is 1.54. The summed E-state index contributed by atoms with van der Waals surface area (Å²) < 4.78 is 0.932. The molecule has 1 atom stereocenters. The summed E-state index contributed by atoms with van der Waals surface area (Å²) in [4.78, 5) is 0. The van der Waals surface area contributed by atoms with Gasteiger partial charge in [-0.15, -0.1) is 23.2 Å². The van der Waals surface area contributed by atoms with Gasteiger partial charge in [0.15, 0.2) is 0 Å². The van der Waals surface area contributed by atoms with Gasteiger partial charge in [0.2, 0.25) is 0 Å². The summed E-state index contributed by atoms with van der Waals surface area (Å²) in [5.74, 6) is 1.42. The monoisotopic (exact) mass is 280 g/mol. The molecule has 8 heavy (non-hydrogen) atoms. The van der Waals surface area contributed by atoms with Gasteiger partial charge in [0, 0.05) is 0 Å². The predicted octanol–water partition coefficient (Wildman–Crippen LogP) is 3.66. The molecule has 2 radical (unpaired) electrons. The molecule has 0 aromatic carbocycles. The zero-order valence-electron chi connectivity index (χ0n) is 3.87. The van der Waals surface area contributed by atoms with E-state index < -0.39 is 0 Å². The molecule has 0 nitrogen and oxygen atoms in total. The minimum absolute atomic E-state index is 0.0922. The summed E-state index contributed by atoms with van der Waals surface area (Å²) in [7, 11) is 0.